The highest BCUT2D eigenvalue weighted by Gasteiger charge is 2.16. The predicted octanol–water partition coefficient (Wildman–Crippen LogP) is 3.34. The summed E-state index contributed by atoms with van der Waals surface area (Å²) in [4.78, 5) is 3.19. The van der Waals surface area contributed by atoms with Crippen molar-refractivity contribution in [3.05, 3.63) is 47.5 Å². The van der Waals surface area contributed by atoms with Crippen LogP contribution in [0.15, 0.2) is 46.0 Å². The molecule has 0 amide bonds. The average molecular weight is 292 g/mol. The van der Waals surface area contributed by atoms with Crippen LogP contribution in [-0.4, -0.2) is 13.4 Å². The summed E-state index contributed by atoms with van der Waals surface area (Å²) in [5.41, 5.74) is 2.51. The minimum absolute atomic E-state index is 0.316. The lowest BCUT2D eigenvalue weighted by Gasteiger charge is -2.07. The van der Waals surface area contributed by atoms with Crippen LogP contribution in [0.25, 0.3) is 10.9 Å². The first-order valence-corrected chi connectivity index (χ1v) is 8.07. The zero-order valence-electron chi connectivity index (χ0n) is 10.2. The van der Waals surface area contributed by atoms with E-state index in [9.17, 15) is 8.42 Å². The Morgan fingerprint density at radius 3 is 2.79 bits per heavy atom. The van der Waals surface area contributed by atoms with Crippen molar-refractivity contribution < 1.29 is 8.42 Å². The van der Waals surface area contributed by atoms with E-state index in [1.54, 1.807) is 23.6 Å². The number of aromatic amines is 1. The van der Waals surface area contributed by atoms with Crippen molar-refractivity contribution in [1.29, 1.82) is 0 Å². The molecule has 0 bridgehead atoms. The summed E-state index contributed by atoms with van der Waals surface area (Å²) in [6, 6.07) is 10.8. The number of hydrogen-bond acceptors (Lipinski definition) is 3. The minimum Gasteiger partial charge on any atom is -0.359 e. The van der Waals surface area contributed by atoms with Crippen LogP contribution >= 0.6 is 11.3 Å². The Labute approximate surface area is 115 Å². The topological polar surface area (TPSA) is 62.0 Å². The van der Waals surface area contributed by atoms with Crippen molar-refractivity contribution in [3.8, 4) is 0 Å². The number of hydrogen-bond donors (Lipinski definition) is 2. The molecule has 0 saturated carbocycles. The fourth-order valence-corrected chi connectivity index (χ4v) is 4.07. The molecule has 2 N–H and O–H groups in total. The second-order valence-electron chi connectivity index (χ2n) is 4.26. The summed E-state index contributed by atoms with van der Waals surface area (Å²) >= 11 is 1.20. The van der Waals surface area contributed by atoms with Gasteiger partial charge in [0.1, 0.15) is 4.21 Å². The Balaban J connectivity index is 2.07. The van der Waals surface area contributed by atoms with E-state index in [1.165, 1.54) is 11.3 Å². The van der Waals surface area contributed by atoms with Crippen LogP contribution in [0.3, 0.4) is 0 Å². The van der Waals surface area contributed by atoms with Gasteiger partial charge in [-0.1, -0.05) is 12.1 Å². The molecular weight excluding hydrogens is 280 g/mol. The van der Waals surface area contributed by atoms with E-state index in [-0.39, 0.29) is 0 Å². The van der Waals surface area contributed by atoms with E-state index in [2.05, 4.69) is 9.71 Å². The third kappa shape index (κ3) is 2.24. The Bertz CT molecular complexity index is 818. The van der Waals surface area contributed by atoms with Gasteiger partial charge < -0.3 is 4.98 Å². The minimum atomic E-state index is -3.50. The number of aromatic nitrogens is 1. The van der Waals surface area contributed by atoms with Crippen LogP contribution in [0.1, 0.15) is 5.69 Å². The third-order valence-corrected chi connectivity index (χ3v) is 5.57. The monoisotopic (exact) mass is 292 g/mol. The SMILES string of the molecule is Cc1cc2c(NS(=O)(=O)c3cccs3)cccc2[nH]1. The van der Waals surface area contributed by atoms with Gasteiger partial charge in [0.15, 0.2) is 0 Å². The van der Waals surface area contributed by atoms with Crippen LogP contribution in [0.4, 0.5) is 5.69 Å². The smallest absolute Gasteiger partial charge is 0.271 e. The van der Waals surface area contributed by atoms with E-state index < -0.39 is 10.0 Å². The highest BCUT2D eigenvalue weighted by atomic mass is 32.2. The van der Waals surface area contributed by atoms with Gasteiger partial charge in [-0.3, -0.25) is 4.72 Å². The molecule has 0 saturated heterocycles. The molecule has 19 heavy (non-hydrogen) atoms. The second kappa shape index (κ2) is 4.40. The molecule has 0 aliphatic carbocycles. The number of anilines is 1. The highest BCUT2D eigenvalue weighted by Crippen LogP contribution is 2.27. The molecular formula is C13H12N2O2S2. The van der Waals surface area contributed by atoms with Gasteiger partial charge in [0.2, 0.25) is 0 Å². The number of H-pyrrole nitrogens is 1. The van der Waals surface area contributed by atoms with Crippen molar-refractivity contribution in [1.82, 2.24) is 4.98 Å². The maximum Gasteiger partial charge on any atom is 0.271 e. The molecule has 0 aliphatic heterocycles. The molecule has 6 heteroatoms. The number of fused-ring (bicyclic) bond motifs is 1. The molecule has 1 aromatic carbocycles. The molecule has 2 aromatic heterocycles. The van der Waals surface area contributed by atoms with Gasteiger partial charge in [-0.05, 0) is 36.6 Å². The summed E-state index contributed by atoms with van der Waals surface area (Å²) < 4.78 is 27.4. The van der Waals surface area contributed by atoms with Crippen LogP contribution in [0.2, 0.25) is 0 Å². The van der Waals surface area contributed by atoms with Gasteiger partial charge in [0.25, 0.3) is 10.0 Å². The number of rotatable bonds is 3. The van der Waals surface area contributed by atoms with E-state index in [4.69, 9.17) is 0 Å². The zero-order valence-corrected chi connectivity index (χ0v) is 11.8. The first kappa shape index (κ1) is 12.3. The predicted molar refractivity (Wildman–Crippen MR) is 78.2 cm³/mol. The summed E-state index contributed by atoms with van der Waals surface area (Å²) in [7, 11) is -3.50. The molecule has 0 unspecified atom stereocenters. The molecule has 0 radical (unpaired) electrons. The fraction of sp³-hybridized carbons (Fsp3) is 0.0769. The first-order chi connectivity index (χ1) is 9.06. The van der Waals surface area contributed by atoms with E-state index in [0.29, 0.717) is 9.90 Å². The number of sulfonamides is 1. The first-order valence-electron chi connectivity index (χ1n) is 5.71. The van der Waals surface area contributed by atoms with E-state index in [1.807, 2.05) is 25.1 Å². The number of benzene rings is 1. The summed E-state index contributed by atoms with van der Waals surface area (Å²) in [5, 5.41) is 2.62. The van der Waals surface area contributed by atoms with Crippen LogP contribution in [0, 0.1) is 6.92 Å². The molecule has 0 fully saturated rings. The van der Waals surface area contributed by atoms with Crippen molar-refractivity contribution in [2.24, 2.45) is 0 Å². The largest absolute Gasteiger partial charge is 0.359 e. The second-order valence-corrected chi connectivity index (χ2v) is 7.11. The average Bonchev–Trinajstić information content (AvgIpc) is 2.96. The molecule has 3 rings (SSSR count). The van der Waals surface area contributed by atoms with Gasteiger partial charge in [0.05, 0.1) is 5.69 Å². The van der Waals surface area contributed by atoms with E-state index in [0.717, 1.165) is 16.6 Å². The lowest BCUT2D eigenvalue weighted by Crippen LogP contribution is -2.11. The summed E-state index contributed by atoms with van der Waals surface area (Å²) in [5.74, 6) is 0. The standard InChI is InChI=1S/C13H12N2O2S2/c1-9-8-10-11(14-9)4-2-5-12(10)15-19(16,17)13-6-3-7-18-13/h2-8,14-15H,1H3. The lowest BCUT2D eigenvalue weighted by molar-refractivity contribution is 0.603. The van der Waals surface area contributed by atoms with Crippen molar-refractivity contribution >= 4 is 38.0 Å². The number of thiophene rings is 1. The number of nitrogens with one attached hydrogen (secondary N) is 2. The van der Waals surface area contributed by atoms with Gasteiger partial charge in [0, 0.05) is 16.6 Å². The fourth-order valence-electron chi connectivity index (χ4n) is 2.00. The third-order valence-electron chi connectivity index (χ3n) is 2.80. The van der Waals surface area contributed by atoms with Crippen molar-refractivity contribution in [3.63, 3.8) is 0 Å². The van der Waals surface area contributed by atoms with Crippen molar-refractivity contribution in [2.75, 3.05) is 4.72 Å². The van der Waals surface area contributed by atoms with Gasteiger partial charge in [-0.15, -0.1) is 11.3 Å². The number of aryl methyl sites for hydroxylation is 1. The molecule has 98 valence electrons. The maximum atomic E-state index is 12.2. The Hall–Kier alpha value is -1.79. The van der Waals surface area contributed by atoms with Crippen LogP contribution in [-0.2, 0) is 10.0 Å². The van der Waals surface area contributed by atoms with Gasteiger partial charge in [-0.25, -0.2) is 8.42 Å². The summed E-state index contributed by atoms with van der Waals surface area (Å²) in [6.07, 6.45) is 0. The molecule has 0 atom stereocenters. The molecule has 0 aliphatic rings. The lowest BCUT2D eigenvalue weighted by atomic mass is 10.2. The molecule has 3 aromatic rings. The Kier molecular flexibility index (Phi) is 2.83. The quantitative estimate of drug-likeness (QED) is 0.777. The zero-order chi connectivity index (χ0) is 13.5. The molecule has 4 nitrogen and oxygen atoms in total. The molecule has 2 heterocycles. The Morgan fingerprint density at radius 2 is 2.05 bits per heavy atom. The van der Waals surface area contributed by atoms with Crippen LogP contribution < -0.4 is 4.72 Å². The van der Waals surface area contributed by atoms with Crippen molar-refractivity contribution in [2.45, 2.75) is 11.1 Å². The van der Waals surface area contributed by atoms with Crippen LogP contribution in [0.5, 0.6) is 0 Å². The van der Waals surface area contributed by atoms with Gasteiger partial charge in [-0.2, -0.15) is 0 Å². The van der Waals surface area contributed by atoms with Gasteiger partial charge >= 0.3 is 0 Å². The Morgan fingerprint density at radius 1 is 1.21 bits per heavy atom. The highest BCUT2D eigenvalue weighted by molar-refractivity contribution is 7.94. The van der Waals surface area contributed by atoms with E-state index >= 15 is 0 Å². The maximum absolute atomic E-state index is 12.2. The molecule has 0 spiro atoms. The summed E-state index contributed by atoms with van der Waals surface area (Å²) in [6.45, 7) is 1.94. The normalized spacial score (nSPS) is 11.8.